The molecule has 0 aromatic heterocycles. The Bertz CT molecular complexity index is 626. The Hall–Kier alpha value is -2.28. The summed E-state index contributed by atoms with van der Waals surface area (Å²) in [5.74, 6) is 0.370. The fraction of sp³-hybridized carbons (Fsp3) is 0.556. The number of carbonyl (C=O) groups is 2. The largest absolute Gasteiger partial charge is 0.497 e. The number of ether oxygens (including phenoxy) is 3. The van der Waals surface area contributed by atoms with Gasteiger partial charge in [-0.15, -0.1) is 0 Å². The van der Waals surface area contributed by atoms with E-state index >= 15 is 0 Å². The highest BCUT2D eigenvalue weighted by atomic mass is 16.6. The maximum Gasteiger partial charge on any atom is 0.410 e. The Morgan fingerprint density at radius 2 is 1.92 bits per heavy atom. The molecule has 138 valence electrons. The number of carbonyl (C=O) groups excluding carboxylic acids is 2. The van der Waals surface area contributed by atoms with E-state index in [0.717, 1.165) is 0 Å². The number of nitrogens with zero attached hydrogens (tertiary/aromatic N) is 1. The number of amides is 2. The summed E-state index contributed by atoms with van der Waals surface area (Å²) in [4.78, 5) is 26.3. The summed E-state index contributed by atoms with van der Waals surface area (Å²) in [7, 11) is 3.11. The highest BCUT2D eigenvalue weighted by molar-refractivity contribution is 5.94. The highest BCUT2D eigenvalue weighted by Gasteiger charge is 2.38. The SMILES string of the molecule is COc1cccc(C(=O)NC2CN(C(=O)OC(C)(C)C)CC2OC)c1. The predicted octanol–water partition coefficient (Wildman–Crippen LogP) is 2.06. The lowest BCUT2D eigenvalue weighted by Crippen LogP contribution is -2.44. The molecule has 2 amide bonds. The van der Waals surface area contributed by atoms with Crippen LogP contribution in [0.2, 0.25) is 0 Å². The molecule has 25 heavy (non-hydrogen) atoms. The first-order valence-corrected chi connectivity index (χ1v) is 8.19. The van der Waals surface area contributed by atoms with E-state index in [1.54, 1.807) is 43.4 Å². The first-order chi connectivity index (χ1) is 11.7. The molecule has 1 saturated heterocycles. The minimum absolute atomic E-state index is 0.239. The van der Waals surface area contributed by atoms with Crippen molar-refractivity contribution in [3.05, 3.63) is 29.8 Å². The van der Waals surface area contributed by atoms with Crippen LogP contribution in [0.5, 0.6) is 5.75 Å². The summed E-state index contributed by atoms with van der Waals surface area (Å²) < 4.78 is 16.0. The lowest BCUT2D eigenvalue weighted by molar-refractivity contribution is 0.0252. The average Bonchev–Trinajstić information content (AvgIpc) is 2.96. The number of nitrogens with one attached hydrogen (secondary N) is 1. The van der Waals surface area contributed by atoms with E-state index in [9.17, 15) is 9.59 Å². The Balaban J connectivity index is 2.03. The van der Waals surface area contributed by atoms with E-state index in [0.29, 0.717) is 24.4 Å². The van der Waals surface area contributed by atoms with Gasteiger partial charge in [0.25, 0.3) is 5.91 Å². The van der Waals surface area contributed by atoms with Crippen LogP contribution < -0.4 is 10.1 Å². The summed E-state index contributed by atoms with van der Waals surface area (Å²) in [5.41, 5.74) is -0.0772. The average molecular weight is 350 g/mol. The van der Waals surface area contributed by atoms with Crippen molar-refractivity contribution in [1.82, 2.24) is 10.2 Å². The van der Waals surface area contributed by atoms with Crippen LogP contribution >= 0.6 is 0 Å². The third kappa shape index (κ3) is 5.09. The molecule has 1 aliphatic rings. The smallest absolute Gasteiger partial charge is 0.410 e. The number of hydrogen-bond donors (Lipinski definition) is 1. The van der Waals surface area contributed by atoms with Gasteiger partial charge in [-0.25, -0.2) is 4.79 Å². The van der Waals surface area contributed by atoms with Crippen molar-refractivity contribution in [2.45, 2.75) is 38.5 Å². The minimum atomic E-state index is -0.568. The third-order valence-electron chi connectivity index (χ3n) is 3.87. The van der Waals surface area contributed by atoms with Crippen LogP contribution in [0, 0.1) is 0 Å². The summed E-state index contributed by atoms with van der Waals surface area (Å²) >= 11 is 0. The zero-order valence-corrected chi connectivity index (χ0v) is 15.4. The monoisotopic (exact) mass is 350 g/mol. The number of benzene rings is 1. The van der Waals surface area contributed by atoms with Crippen LogP contribution in [-0.4, -0.2) is 62.0 Å². The van der Waals surface area contributed by atoms with Crippen LogP contribution in [-0.2, 0) is 9.47 Å². The number of hydrogen-bond acceptors (Lipinski definition) is 5. The van der Waals surface area contributed by atoms with Gasteiger partial charge >= 0.3 is 6.09 Å². The number of rotatable bonds is 4. The lowest BCUT2D eigenvalue weighted by atomic mass is 10.1. The second-order valence-electron chi connectivity index (χ2n) is 6.97. The Morgan fingerprint density at radius 3 is 2.52 bits per heavy atom. The van der Waals surface area contributed by atoms with Gasteiger partial charge in [0.05, 0.1) is 25.8 Å². The molecule has 0 saturated carbocycles. The molecule has 7 heteroatoms. The molecule has 1 aromatic rings. The van der Waals surface area contributed by atoms with Crippen molar-refractivity contribution in [3.63, 3.8) is 0 Å². The van der Waals surface area contributed by atoms with E-state index in [1.165, 1.54) is 0 Å². The maximum atomic E-state index is 12.5. The number of methoxy groups -OCH3 is 2. The third-order valence-corrected chi connectivity index (χ3v) is 3.87. The van der Waals surface area contributed by atoms with Gasteiger partial charge in [0.1, 0.15) is 11.4 Å². The summed E-state index contributed by atoms with van der Waals surface area (Å²) in [5, 5.41) is 2.93. The molecule has 0 radical (unpaired) electrons. The fourth-order valence-electron chi connectivity index (χ4n) is 2.64. The Kier molecular flexibility index (Phi) is 5.89. The molecule has 7 nitrogen and oxygen atoms in total. The van der Waals surface area contributed by atoms with Gasteiger partial charge in [0.2, 0.25) is 0 Å². The van der Waals surface area contributed by atoms with Gasteiger partial charge in [-0.1, -0.05) is 6.07 Å². The zero-order valence-electron chi connectivity index (χ0n) is 15.4. The fourth-order valence-corrected chi connectivity index (χ4v) is 2.64. The van der Waals surface area contributed by atoms with Crippen molar-refractivity contribution in [3.8, 4) is 5.75 Å². The van der Waals surface area contributed by atoms with Crippen LogP contribution in [0.3, 0.4) is 0 Å². The topological polar surface area (TPSA) is 77.1 Å². The maximum absolute atomic E-state index is 12.5. The van der Waals surface area contributed by atoms with Gasteiger partial charge in [-0.3, -0.25) is 4.79 Å². The van der Waals surface area contributed by atoms with Crippen molar-refractivity contribution in [2.75, 3.05) is 27.3 Å². The van der Waals surface area contributed by atoms with Crippen LogP contribution in [0.15, 0.2) is 24.3 Å². The lowest BCUT2D eigenvalue weighted by Gasteiger charge is -2.24. The van der Waals surface area contributed by atoms with E-state index in [-0.39, 0.29) is 18.1 Å². The summed E-state index contributed by atoms with van der Waals surface area (Å²) in [6.07, 6.45) is -0.699. The van der Waals surface area contributed by atoms with Crippen molar-refractivity contribution < 1.29 is 23.8 Å². The molecule has 1 fully saturated rings. The molecule has 2 rings (SSSR count). The summed E-state index contributed by atoms with van der Waals surface area (Å²) in [6.45, 7) is 6.15. The molecule has 1 aliphatic heterocycles. The minimum Gasteiger partial charge on any atom is -0.497 e. The van der Waals surface area contributed by atoms with Crippen molar-refractivity contribution in [1.29, 1.82) is 0 Å². The van der Waals surface area contributed by atoms with Gasteiger partial charge in [-0.2, -0.15) is 0 Å². The van der Waals surface area contributed by atoms with Crippen molar-refractivity contribution in [2.24, 2.45) is 0 Å². The first kappa shape index (κ1) is 19.1. The van der Waals surface area contributed by atoms with E-state index in [1.807, 2.05) is 20.8 Å². The van der Waals surface area contributed by atoms with Gasteiger partial charge in [0, 0.05) is 19.2 Å². The Morgan fingerprint density at radius 1 is 1.20 bits per heavy atom. The van der Waals surface area contributed by atoms with Crippen molar-refractivity contribution >= 4 is 12.0 Å². The second-order valence-corrected chi connectivity index (χ2v) is 6.97. The molecule has 1 N–H and O–H groups in total. The molecule has 1 heterocycles. The van der Waals surface area contributed by atoms with E-state index in [2.05, 4.69) is 5.32 Å². The highest BCUT2D eigenvalue weighted by Crippen LogP contribution is 2.19. The molecule has 0 aliphatic carbocycles. The molecular weight excluding hydrogens is 324 g/mol. The molecule has 2 atom stereocenters. The number of likely N-dealkylation sites (tertiary alicyclic amines) is 1. The van der Waals surface area contributed by atoms with Gasteiger partial charge in [-0.05, 0) is 39.0 Å². The van der Waals surface area contributed by atoms with Crippen LogP contribution in [0.4, 0.5) is 4.79 Å². The normalized spacial score (nSPS) is 20.3. The molecule has 2 unspecified atom stereocenters. The molecule has 0 spiro atoms. The van der Waals surface area contributed by atoms with Crippen LogP contribution in [0.1, 0.15) is 31.1 Å². The summed E-state index contributed by atoms with van der Waals surface area (Å²) in [6, 6.07) is 6.59. The first-order valence-electron chi connectivity index (χ1n) is 8.19. The quantitative estimate of drug-likeness (QED) is 0.899. The molecule has 0 bridgehead atoms. The second kappa shape index (κ2) is 7.74. The Labute approximate surface area is 148 Å². The van der Waals surface area contributed by atoms with Crippen LogP contribution in [0.25, 0.3) is 0 Å². The molecular formula is C18H26N2O5. The standard InChI is InChI=1S/C18H26N2O5/c1-18(2,3)25-17(22)20-10-14(15(11-20)24-5)19-16(21)12-7-6-8-13(9-12)23-4/h6-9,14-15H,10-11H2,1-5H3,(H,19,21). The predicted molar refractivity (Wildman–Crippen MR) is 92.9 cm³/mol. The van der Waals surface area contributed by atoms with E-state index in [4.69, 9.17) is 14.2 Å². The zero-order chi connectivity index (χ0) is 18.6. The van der Waals surface area contributed by atoms with Gasteiger partial charge < -0.3 is 24.4 Å². The van der Waals surface area contributed by atoms with Gasteiger partial charge in [0.15, 0.2) is 0 Å². The molecule has 1 aromatic carbocycles. The van der Waals surface area contributed by atoms with E-state index < -0.39 is 11.7 Å².